The van der Waals surface area contributed by atoms with Crippen molar-refractivity contribution < 1.29 is 30.3 Å². The molecule has 9 rings (SSSR count). The van der Waals surface area contributed by atoms with Gasteiger partial charge in [-0.3, -0.25) is 0 Å². The SMILES string of the molecule is Cc1cc(-c2[c-]cc(F)c(-c3ccccc3)c2)nc[c]1[Ge]([CH3])([CH3])[CH3].[2H]C(C)(C)c1ccnc(-c2[c-]c3oc4cc(-c5ccccc5)cc(-c5ccccc5)c4c3cc2)c1.[Ir]. The predicted octanol–water partition coefficient (Wildman–Crippen LogP) is 14.1. The fourth-order valence-corrected chi connectivity index (χ4v) is 11.0. The molecule has 0 unspecified atom stereocenters. The molecular formula is C53H45FGeIrN2O-2. The molecule has 0 aliphatic carbocycles. The molecule has 6 heteroatoms. The van der Waals surface area contributed by atoms with E-state index in [1.54, 1.807) is 6.20 Å². The molecular weight excluding hydrogens is 964 g/mol. The summed E-state index contributed by atoms with van der Waals surface area (Å²) in [5.41, 5.74) is 13.0. The van der Waals surface area contributed by atoms with Crippen LogP contribution < -0.4 is 4.40 Å². The van der Waals surface area contributed by atoms with Crippen LogP contribution in [0.25, 0.3) is 77.8 Å². The zero-order valence-electron chi connectivity index (χ0n) is 35.0. The number of nitrogens with zero attached hydrogens (tertiary/aromatic N) is 2. The second-order valence-corrected chi connectivity index (χ2v) is 26.5. The molecule has 0 fully saturated rings. The Morgan fingerprint density at radius 3 is 1.93 bits per heavy atom. The van der Waals surface area contributed by atoms with Gasteiger partial charge in [0, 0.05) is 27.7 Å². The summed E-state index contributed by atoms with van der Waals surface area (Å²) in [5, 5.41) is 2.11. The van der Waals surface area contributed by atoms with Crippen LogP contribution in [0.5, 0.6) is 0 Å². The molecule has 0 aliphatic rings. The van der Waals surface area contributed by atoms with Gasteiger partial charge in [0.1, 0.15) is 5.58 Å². The van der Waals surface area contributed by atoms with Crippen molar-refractivity contribution in [2.45, 2.75) is 43.9 Å². The third-order valence-electron chi connectivity index (χ3n) is 10.5. The molecule has 59 heavy (non-hydrogen) atoms. The first-order valence-electron chi connectivity index (χ1n) is 20.1. The smallest absolute Gasteiger partial charge is 0.124 e. The number of pyridine rings is 2. The van der Waals surface area contributed by atoms with Crippen molar-refractivity contribution in [3.05, 3.63) is 187 Å². The molecule has 1 radical (unpaired) electrons. The van der Waals surface area contributed by atoms with Crippen molar-refractivity contribution in [1.82, 2.24) is 9.97 Å². The van der Waals surface area contributed by atoms with Crippen LogP contribution in [0.3, 0.4) is 0 Å². The number of aromatic nitrogens is 2. The summed E-state index contributed by atoms with van der Waals surface area (Å²) in [6.45, 7) is 5.90. The summed E-state index contributed by atoms with van der Waals surface area (Å²) < 4.78 is 30.4. The van der Waals surface area contributed by atoms with Gasteiger partial charge in [0.05, 0.1) is 5.58 Å². The number of hydrogen-bond donors (Lipinski definition) is 0. The number of fused-ring (bicyclic) bond motifs is 3. The topological polar surface area (TPSA) is 38.9 Å². The minimum absolute atomic E-state index is 0. The molecule has 0 atom stereocenters. The van der Waals surface area contributed by atoms with E-state index >= 15 is 0 Å². The molecule has 3 aromatic heterocycles. The Labute approximate surface area is 364 Å². The fourth-order valence-electron chi connectivity index (χ4n) is 7.46. The molecule has 6 aromatic carbocycles. The van der Waals surface area contributed by atoms with Crippen LogP contribution in [0.15, 0.2) is 162 Å². The number of aryl methyl sites for hydroxylation is 1. The minimum Gasteiger partial charge on any atom is -0.476 e. The summed E-state index contributed by atoms with van der Waals surface area (Å²) in [6, 6.07) is 54.6. The van der Waals surface area contributed by atoms with E-state index in [9.17, 15) is 4.39 Å². The monoisotopic (exact) mass is 1010 g/mol. The van der Waals surface area contributed by atoms with E-state index in [0.717, 1.165) is 72.3 Å². The van der Waals surface area contributed by atoms with Crippen molar-refractivity contribution in [2.75, 3.05) is 0 Å². The van der Waals surface area contributed by atoms with Gasteiger partial charge in [-0.05, 0) is 57.4 Å². The van der Waals surface area contributed by atoms with Crippen molar-refractivity contribution in [1.29, 1.82) is 0 Å². The maximum Gasteiger partial charge on any atom is 0.124 e. The van der Waals surface area contributed by atoms with Gasteiger partial charge in [-0.25, -0.2) is 0 Å². The van der Waals surface area contributed by atoms with E-state index in [0.29, 0.717) is 11.1 Å². The van der Waals surface area contributed by atoms with Crippen molar-refractivity contribution in [3.63, 3.8) is 0 Å². The number of benzene rings is 6. The molecule has 3 heterocycles. The largest absolute Gasteiger partial charge is 0.476 e. The van der Waals surface area contributed by atoms with Gasteiger partial charge in [-0.1, -0.05) is 97.6 Å². The van der Waals surface area contributed by atoms with Gasteiger partial charge in [-0.15, -0.1) is 17.7 Å². The number of halogens is 1. The van der Waals surface area contributed by atoms with Crippen LogP contribution in [0, 0.1) is 24.9 Å². The number of furan rings is 1. The van der Waals surface area contributed by atoms with Crippen LogP contribution in [-0.4, -0.2) is 23.2 Å². The summed E-state index contributed by atoms with van der Waals surface area (Å²) in [7, 11) is 0. The van der Waals surface area contributed by atoms with E-state index in [-0.39, 0.29) is 25.9 Å². The molecule has 0 bridgehead atoms. The molecule has 295 valence electrons. The van der Waals surface area contributed by atoms with Gasteiger partial charge in [-0.2, -0.15) is 0 Å². The predicted molar refractivity (Wildman–Crippen MR) is 242 cm³/mol. The summed E-state index contributed by atoms with van der Waals surface area (Å²) >= 11 is -1.92. The standard InChI is InChI=1S/C32H24NO.C21H21FGeN.Ir/c1-21(2)24-15-16-33-29(18-24)25-13-14-27-30(19-25)34-31-20-26(22-9-5-3-6-10-22)17-28(32(27)31)23-11-7-4-8-12-23;1-15-12-21(24-14-20(15)23(2,3)4)17-10-11-19(22)18(13-17)16-8-6-5-7-9-16;/h3-18,20-21H,1-2H3;5-9,11-14H,1-4H3;/q2*-1;/i21D;;. The van der Waals surface area contributed by atoms with Crippen molar-refractivity contribution >= 4 is 39.6 Å². The van der Waals surface area contributed by atoms with E-state index in [1.807, 2.05) is 86.8 Å². The van der Waals surface area contributed by atoms with E-state index in [2.05, 4.69) is 119 Å². The molecule has 9 aromatic rings. The van der Waals surface area contributed by atoms with Crippen molar-refractivity contribution in [3.8, 4) is 55.9 Å². The average molecular weight is 1010 g/mol. The number of rotatable bonds is 7. The third kappa shape index (κ3) is 9.09. The molecule has 0 N–H and O–H groups in total. The Morgan fingerprint density at radius 2 is 1.31 bits per heavy atom. The van der Waals surface area contributed by atoms with E-state index < -0.39 is 19.2 Å². The third-order valence-corrected chi connectivity index (χ3v) is 15.0. The maximum absolute atomic E-state index is 14.2. The van der Waals surface area contributed by atoms with E-state index in [4.69, 9.17) is 5.79 Å². The second-order valence-electron chi connectivity index (χ2n) is 15.9. The molecule has 0 spiro atoms. The molecule has 0 saturated heterocycles. The Morgan fingerprint density at radius 1 is 0.678 bits per heavy atom. The zero-order valence-corrected chi connectivity index (χ0v) is 38.5. The quantitative estimate of drug-likeness (QED) is 0.118. The summed E-state index contributed by atoms with van der Waals surface area (Å²) in [5.74, 6) is 6.13. The number of hydrogen-bond acceptors (Lipinski definition) is 3. The van der Waals surface area contributed by atoms with Crippen molar-refractivity contribution in [2.24, 2.45) is 0 Å². The van der Waals surface area contributed by atoms with Gasteiger partial charge in [0.25, 0.3) is 0 Å². The minimum atomic E-state index is -1.92. The van der Waals surface area contributed by atoms with Gasteiger partial charge >= 0.3 is 146 Å². The van der Waals surface area contributed by atoms with Crippen LogP contribution in [0.1, 0.15) is 32.2 Å². The Balaban J connectivity index is 0.000000192. The van der Waals surface area contributed by atoms with Crippen LogP contribution in [0.4, 0.5) is 4.39 Å². The van der Waals surface area contributed by atoms with E-state index in [1.165, 1.54) is 16.0 Å². The first-order chi connectivity index (χ1) is 28.3. The van der Waals surface area contributed by atoms with Crippen LogP contribution in [0.2, 0.25) is 17.3 Å². The average Bonchev–Trinajstić information content (AvgIpc) is 3.62. The first-order valence-corrected chi connectivity index (χ1v) is 26.9. The Bertz CT molecular complexity index is 2920. The second kappa shape index (κ2) is 17.8. The fraction of sp³-hybridized carbons (Fsp3) is 0.132. The summed E-state index contributed by atoms with van der Waals surface area (Å²) in [6.07, 6.45) is 3.77. The van der Waals surface area contributed by atoms with Crippen LogP contribution >= 0.6 is 0 Å². The Hall–Kier alpha value is -5.46. The molecule has 0 aliphatic heterocycles. The van der Waals surface area contributed by atoms with Crippen LogP contribution in [-0.2, 0) is 20.1 Å². The zero-order chi connectivity index (χ0) is 41.3. The summed E-state index contributed by atoms with van der Waals surface area (Å²) in [4.78, 5) is 9.18. The maximum atomic E-state index is 14.2. The molecule has 0 amide bonds. The molecule has 0 saturated carbocycles. The normalized spacial score (nSPS) is 11.7. The first kappa shape index (κ1) is 40.3. The van der Waals surface area contributed by atoms with Gasteiger partial charge in [0.2, 0.25) is 0 Å². The Kier molecular flexibility index (Phi) is 12.2. The van der Waals surface area contributed by atoms with Gasteiger partial charge < -0.3 is 9.40 Å². The molecule has 3 nitrogen and oxygen atoms in total. The van der Waals surface area contributed by atoms with Gasteiger partial charge in [0.15, 0.2) is 0 Å².